The lowest BCUT2D eigenvalue weighted by Gasteiger charge is -2.10. The molecule has 2 N–H and O–H groups in total. The summed E-state index contributed by atoms with van der Waals surface area (Å²) in [6.45, 7) is 7.80. The van der Waals surface area contributed by atoms with E-state index < -0.39 is 0 Å². The number of aromatic nitrogens is 2. The van der Waals surface area contributed by atoms with Crippen LogP contribution in [-0.4, -0.2) is 41.6 Å². The van der Waals surface area contributed by atoms with Crippen molar-refractivity contribution in [1.29, 1.82) is 0 Å². The van der Waals surface area contributed by atoms with Crippen molar-refractivity contribution in [3.8, 4) is 0 Å². The number of nitrogens with zero attached hydrogens (tertiary/aromatic N) is 3. The Hall–Kier alpha value is -1.60. The molecule has 0 bridgehead atoms. The molecule has 2 aromatic rings. The number of guanidine groups is 1. The zero-order chi connectivity index (χ0) is 16.5. The number of hydrogen-bond donors (Lipinski definition) is 2. The van der Waals surface area contributed by atoms with Gasteiger partial charge in [0.1, 0.15) is 5.65 Å². The van der Waals surface area contributed by atoms with Crippen molar-refractivity contribution in [3.63, 3.8) is 0 Å². The molecule has 23 heavy (non-hydrogen) atoms. The van der Waals surface area contributed by atoms with Gasteiger partial charge in [0.25, 0.3) is 0 Å². The van der Waals surface area contributed by atoms with Crippen LogP contribution in [0.4, 0.5) is 0 Å². The van der Waals surface area contributed by atoms with E-state index >= 15 is 0 Å². The van der Waals surface area contributed by atoms with Gasteiger partial charge in [-0.05, 0) is 48.3 Å². The smallest absolute Gasteiger partial charge is 0.191 e. The Kier molecular flexibility index (Phi) is 7.35. The van der Waals surface area contributed by atoms with Gasteiger partial charge in [-0.2, -0.15) is 0 Å². The average molecular weight is 382 g/mol. The topological polar surface area (TPSA) is 63.0 Å². The third-order valence-electron chi connectivity index (χ3n) is 3.17. The van der Waals surface area contributed by atoms with E-state index in [-0.39, 0.29) is 0 Å². The second-order valence-corrected chi connectivity index (χ2v) is 5.93. The molecule has 0 aliphatic heterocycles. The second kappa shape index (κ2) is 9.52. The first-order valence-corrected chi connectivity index (χ1v) is 8.75. The highest BCUT2D eigenvalue weighted by Gasteiger charge is 2.02. The van der Waals surface area contributed by atoms with E-state index in [1.807, 2.05) is 35.9 Å². The molecule has 6 nitrogen and oxygen atoms in total. The third-order valence-corrected chi connectivity index (χ3v) is 3.64. The molecule has 0 aliphatic rings. The maximum absolute atomic E-state index is 5.33. The fraction of sp³-hybridized carbons (Fsp3) is 0.500. The second-order valence-electron chi connectivity index (χ2n) is 5.02. The van der Waals surface area contributed by atoms with Gasteiger partial charge >= 0.3 is 0 Å². The molecular weight excluding hydrogens is 358 g/mol. The normalized spacial score (nSPS) is 11.9. The van der Waals surface area contributed by atoms with E-state index in [0.29, 0.717) is 6.54 Å². The third kappa shape index (κ3) is 5.84. The summed E-state index contributed by atoms with van der Waals surface area (Å²) < 4.78 is 8.36. The lowest BCUT2D eigenvalue weighted by atomic mass is 10.4. The number of rotatable bonds is 8. The van der Waals surface area contributed by atoms with E-state index in [2.05, 4.69) is 43.5 Å². The van der Waals surface area contributed by atoms with Gasteiger partial charge in [0, 0.05) is 43.2 Å². The predicted molar refractivity (Wildman–Crippen MR) is 96.8 cm³/mol. The van der Waals surface area contributed by atoms with Gasteiger partial charge in [0.2, 0.25) is 0 Å². The first-order valence-electron chi connectivity index (χ1n) is 7.96. The molecule has 0 spiro atoms. The van der Waals surface area contributed by atoms with Crippen LogP contribution < -0.4 is 10.6 Å². The van der Waals surface area contributed by atoms with Crippen LogP contribution in [0.3, 0.4) is 0 Å². The summed E-state index contributed by atoms with van der Waals surface area (Å²) >= 11 is 3.46. The number of pyridine rings is 1. The average Bonchev–Trinajstić information content (AvgIpc) is 2.94. The molecule has 2 heterocycles. The molecule has 126 valence electrons. The highest BCUT2D eigenvalue weighted by molar-refractivity contribution is 9.10. The fourth-order valence-corrected chi connectivity index (χ4v) is 2.47. The number of ether oxygens (including phenoxy) is 1. The lowest BCUT2D eigenvalue weighted by Crippen LogP contribution is -2.38. The molecule has 0 radical (unpaired) electrons. The summed E-state index contributed by atoms with van der Waals surface area (Å²) in [6.07, 6.45) is 4.95. The minimum absolute atomic E-state index is 0.542. The molecule has 0 aliphatic carbocycles. The molecular formula is C16H24BrN5O. The fourth-order valence-electron chi connectivity index (χ4n) is 2.12. The van der Waals surface area contributed by atoms with Crippen molar-refractivity contribution in [2.24, 2.45) is 4.99 Å². The van der Waals surface area contributed by atoms with Gasteiger partial charge in [-0.25, -0.2) is 9.98 Å². The molecule has 0 amide bonds. The maximum atomic E-state index is 5.33. The first-order chi connectivity index (χ1) is 11.2. The van der Waals surface area contributed by atoms with E-state index in [1.165, 1.54) is 0 Å². The predicted octanol–water partition coefficient (Wildman–Crippen LogP) is 2.58. The van der Waals surface area contributed by atoms with E-state index in [1.54, 1.807) is 0 Å². The summed E-state index contributed by atoms with van der Waals surface area (Å²) in [5.74, 6) is 0.808. The largest absolute Gasteiger partial charge is 0.382 e. The van der Waals surface area contributed by atoms with Crippen molar-refractivity contribution < 1.29 is 4.74 Å². The number of nitrogens with one attached hydrogen (secondary N) is 2. The van der Waals surface area contributed by atoms with Crippen LogP contribution in [0, 0.1) is 0 Å². The number of hydrogen-bond acceptors (Lipinski definition) is 3. The summed E-state index contributed by atoms with van der Waals surface area (Å²) in [7, 11) is 0. The Morgan fingerprint density at radius 1 is 1.30 bits per heavy atom. The molecule has 0 atom stereocenters. The molecule has 0 saturated heterocycles. The van der Waals surface area contributed by atoms with Gasteiger partial charge in [-0.3, -0.25) is 0 Å². The van der Waals surface area contributed by atoms with E-state index in [9.17, 15) is 0 Å². The lowest BCUT2D eigenvalue weighted by molar-refractivity contribution is 0.145. The number of halogens is 1. The standard InChI is InChI=1S/C16H24BrN5O/c1-3-18-16(19-8-5-9-23-4-2)20-10-14-12-22-11-13(17)6-7-15(22)21-14/h6-7,11-12H,3-5,8-10H2,1-2H3,(H2,18,19,20). The summed E-state index contributed by atoms with van der Waals surface area (Å²) in [6, 6.07) is 3.97. The number of aliphatic imine (C=N–C) groups is 1. The Morgan fingerprint density at radius 2 is 2.17 bits per heavy atom. The van der Waals surface area contributed by atoms with E-state index in [0.717, 1.165) is 54.5 Å². The molecule has 7 heteroatoms. The van der Waals surface area contributed by atoms with Crippen molar-refractivity contribution in [2.75, 3.05) is 26.3 Å². The highest BCUT2D eigenvalue weighted by Crippen LogP contribution is 2.12. The van der Waals surface area contributed by atoms with Crippen LogP contribution in [0.15, 0.2) is 34.0 Å². The zero-order valence-corrected chi connectivity index (χ0v) is 15.3. The number of fused-ring (bicyclic) bond motifs is 1. The first kappa shape index (κ1) is 17.7. The van der Waals surface area contributed by atoms with Crippen LogP contribution in [0.5, 0.6) is 0 Å². The summed E-state index contributed by atoms with van der Waals surface area (Å²) in [5.41, 5.74) is 1.86. The van der Waals surface area contributed by atoms with Crippen molar-refractivity contribution >= 4 is 27.5 Å². The van der Waals surface area contributed by atoms with Crippen LogP contribution in [0.25, 0.3) is 5.65 Å². The Bertz CT molecular complexity index is 640. The Balaban J connectivity index is 1.92. The monoisotopic (exact) mass is 381 g/mol. The molecule has 2 rings (SSSR count). The van der Waals surface area contributed by atoms with E-state index in [4.69, 9.17) is 4.74 Å². The number of imidazole rings is 1. The van der Waals surface area contributed by atoms with Gasteiger partial charge in [0.05, 0.1) is 12.2 Å². The minimum atomic E-state index is 0.542. The van der Waals surface area contributed by atoms with Crippen LogP contribution in [0.2, 0.25) is 0 Å². The highest BCUT2D eigenvalue weighted by atomic mass is 79.9. The van der Waals surface area contributed by atoms with Gasteiger partial charge in [0.15, 0.2) is 5.96 Å². The molecule has 0 saturated carbocycles. The summed E-state index contributed by atoms with van der Waals surface area (Å²) in [4.78, 5) is 9.15. The molecule has 0 fully saturated rings. The van der Waals surface area contributed by atoms with Crippen LogP contribution in [0.1, 0.15) is 26.0 Å². The van der Waals surface area contributed by atoms with Crippen molar-refractivity contribution in [3.05, 3.63) is 34.7 Å². The van der Waals surface area contributed by atoms with Gasteiger partial charge in [-0.15, -0.1) is 0 Å². The zero-order valence-electron chi connectivity index (χ0n) is 13.7. The molecule has 0 unspecified atom stereocenters. The SMILES string of the molecule is CCNC(=NCc1cn2cc(Br)ccc2n1)NCCCOCC. The van der Waals surface area contributed by atoms with Crippen molar-refractivity contribution in [2.45, 2.75) is 26.8 Å². The van der Waals surface area contributed by atoms with Crippen molar-refractivity contribution in [1.82, 2.24) is 20.0 Å². The summed E-state index contributed by atoms with van der Waals surface area (Å²) in [5, 5.41) is 6.55. The van der Waals surface area contributed by atoms with Gasteiger partial charge < -0.3 is 19.8 Å². The Labute approximate surface area is 145 Å². The van der Waals surface area contributed by atoms with Gasteiger partial charge in [-0.1, -0.05) is 0 Å². The maximum Gasteiger partial charge on any atom is 0.191 e. The minimum Gasteiger partial charge on any atom is -0.382 e. The van der Waals surface area contributed by atoms with Crippen LogP contribution >= 0.6 is 15.9 Å². The Morgan fingerprint density at radius 3 is 2.96 bits per heavy atom. The quantitative estimate of drug-likeness (QED) is 0.419. The molecule has 0 aromatic carbocycles. The van der Waals surface area contributed by atoms with Crippen LogP contribution in [-0.2, 0) is 11.3 Å². The molecule has 2 aromatic heterocycles.